The number of ether oxygens (including phenoxy) is 3. The molecule has 2 aromatic carbocycles. The number of fused-ring (bicyclic) bond motifs is 1. The molecule has 0 amide bonds. The molecule has 0 fully saturated rings. The van der Waals surface area contributed by atoms with Gasteiger partial charge in [-0.3, -0.25) is 4.79 Å². The highest BCUT2D eigenvalue weighted by Crippen LogP contribution is 2.30. The lowest BCUT2D eigenvalue weighted by atomic mass is 9.97. The van der Waals surface area contributed by atoms with E-state index in [0.29, 0.717) is 31.1 Å². The highest BCUT2D eigenvalue weighted by Gasteiger charge is 2.27. The molecule has 2 aromatic rings. The zero-order chi connectivity index (χ0) is 16.9. The van der Waals surface area contributed by atoms with Crippen molar-refractivity contribution >= 4 is 17.6 Å². The van der Waals surface area contributed by atoms with Gasteiger partial charge in [-0.1, -0.05) is 23.7 Å². The molecule has 1 heterocycles. The van der Waals surface area contributed by atoms with Crippen molar-refractivity contribution in [3.63, 3.8) is 0 Å². The smallest absolute Gasteiger partial charge is 0.312 e. The van der Waals surface area contributed by atoms with Crippen molar-refractivity contribution in [3.8, 4) is 11.5 Å². The summed E-state index contributed by atoms with van der Waals surface area (Å²) in [7, 11) is 1.63. The van der Waals surface area contributed by atoms with Crippen molar-refractivity contribution in [1.29, 1.82) is 0 Å². The molecule has 0 spiro atoms. The minimum atomic E-state index is -0.285. The van der Waals surface area contributed by atoms with Crippen LogP contribution in [0.25, 0.3) is 0 Å². The van der Waals surface area contributed by atoms with Gasteiger partial charge in [0.2, 0.25) is 0 Å². The molecule has 4 nitrogen and oxygen atoms in total. The highest BCUT2D eigenvalue weighted by molar-refractivity contribution is 6.30. The molecule has 3 rings (SSSR count). The van der Waals surface area contributed by atoms with Gasteiger partial charge in [0, 0.05) is 11.4 Å². The molecule has 1 aliphatic rings. The van der Waals surface area contributed by atoms with Gasteiger partial charge in [0.1, 0.15) is 18.1 Å². The molecule has 126 valence electrons. The first kappa shape index (κ1) is 16.7. The Balaban J connectivity index is 1.50. The van der Waals surface area contributed by atoms with Crippen LogP contribution in [0.4, 0.5) is 0 Å². The lowest BCUT2D eigenvalue weighted by molar-refractivity contribution is -0.149. The molecular weight excluding hydrogens is 328 g/mol. The first-order chi connectivity index (χ1) is 11.7. The third kappa shape index (κ3) is 4.01. The minimum absolute atomic E-state index is 0.228. The maximum Gasteiger partial charge on any atom is 0.312 e. The predicted octanol–water partition coefficient (Wildman–Crippen LogP) is 3.69. The Bertz CT molecular complexity index is 712. The molecule has 0 saturated carbocycles. The summed E-state index contributed by atoms with van der Waals surface area (Å²) in [5.74, 6) is 1.09. The second kappa shape index (κ2) is 7.58. The van der Waals surface area contributed by atoms with E-state index in [1.54, 1.807) is 13.2 Å². The van der Waals surface area contributed by atoms with Crippen LogP contribution in [-0.4, -0.2) is 26.3 Å². The van der Waals surface area contributed by atoms with Crippen LogP contribution in [0.15, 0.2) is 42.5 Å². The van der Waals surface area contributed by atoms with E-state index >= 15 is 0 Å². The molecule has 0 aliphatic carbocycles. The fourth-order valence-corrected chi connectivity index (χ4v) is 2.89. The van der Waals surface area contributed by atoms with Crippen molar-refractivity contribution < 1.29 is 19.0 Å². The van der Waals surface area contributed by atoms with Gasteiger partial charge < -0.3 is 14.2 Å². The van der Waals surface area contributed by atoms with E-state index in [1.165, 1.54) is 0 Å². The molecule has 1 atom stereocenters. The van der Waals surface area contributed by atoms with Crippen LogP contribution < -0.4 is 9.47 Å². The summed E-state index contributed by atoms with van der Waals surface area (Å²) in [6.07, 6.45) is 1.27. The number of rotatable bonds is 5. The average Bonchev–Trinajstić information content (AvgIpc) is 2.61. The third-order valence-corrected chi connectivity index (χ3v) is 4.29. The summed E-state index contributed by atoms with van der Waals surface area (Å²) in [5, 5.41) is 0.644. The Hall–Kier alpha value is -2.20. The van der Waals surface area contributed by atoms with Crippen molar-refractivity contribution in [3.05, 3.63) is 58.6 Å². The van der Waals surface area contributed by atoms with E-state index in [4.69, 9.17) is 25.8 Å². The van der Waals surface area contributed by atoms with E-state index in [2.05, 4.69) is 0 Å². The van der Waals surface area contributed by atoms with Crippen LogP contribution in [0.2, 0.25) is 5.02 Å². The zero-order valence-electron chi connectivity index (χ0n) is 13.5. The third-order valence-electron chi connectivity index (χ3n) is 4.06. The number of halogens is 1. The Morgan fingerprint density at radius 3 is 2.79 bits per heavy atom. The molecule has 0 aromatic heterocycles. The molecule has 0 bridgehead atoms. The molecule has 1 aliphatic heterocycles. The van der Waals surface area contributed by atoms with E-state index in [-0.39, 0.29) is 11.9 Å². The van der Waals surface area contributed by atoms with E-state index in [1.807, 2.05) is 36.4 Å². The lowest BCUT2D eigenvalue weighted by Crippen LogP contribution is -2.30. The molecule has 0 radical (unpaired) electrons. The molecule has 0 unspecified atom stereocenters. The van der Waals surface area contributed by atoms with Crippen molar-refractivity contribution in [2.24, 2.45) is 5.92 Å². The standard InChI is InChI=1S/C19H19ClO4/c1-22-17-5-2-13(3-6-17)8-9-23-19(21)15-10-14-11-16(20)4-7-18(14)24-12-15/h2-7,11,15H,8-10,12H2,1H3/t15-/m0/s1. The first-order valence-corrected chi connectivity index (χ1v) is 8.24. The van der Waals surface area contributed by atoms with Gasteiger partial charge in [-0.2, -0.15) is 0 Å². The number of hydrogen-bond acceptors (Lipinski definition) is 4. The van der Waals surface area contributed by atoms with Crippen molar-refractivity contribution in [2.75, 3.05) is 20.3 Å². The molecule has 5 heteroatoms. The molecule has 0 N–H and O–H groups in total. The van der Waals surface area contributed by atoms with E-state index in [0.717, 1.165) is 22.6 Å². The molecule has 24 heavy (non-hydrogen) atoms. The number of esters is 1. The first-order valence-electron chi connectivity index (χ1n) is 7.86. The highest BCUT2D eigenvalue weighted by atomic mass is 35.5. The minimum Gasteiger partial charge on any atom is -0.497 e. The van der Waals surface area contributed by atoms with Gasteiger partial charge in [0.05, 0.1) is 19.6 Å². The maximum atomic E-state index is 12.2. The second-order valence-corrected chi connectivity index (χ2v) is 6.17. The number of methoxy groups -OCH3 is 1. The summed E-state index contributed by atoms with van der Waals surface area (Å²) in [6.45, 7) is 0.695. The number of benzene rings is 2. The van der Waals surface area contributed by atoms with Gasteiger partial charge in [-0.05, 0) is 47.9 Å². The van der Waals surface area contributed by atoms with E-state index in [9.17, 15) is 4.79 Å². The summed E-state index contributed by atoms with van der Waals surface area (Å²) in [6, 6.07) is 13.2. The van der Waals surface area contributed by atoms with Crippen LogP contribution in [0.5, 0.6) is 11.5 Å². The normalized spacial score (nSPS) is 16.0. The van der Waals surface area contributed by atoms with Gasteiger partial charge in [-0.15, -0.1) is 0 Å². The summed E-state index contributed by atoms with van der Waals surface area (Å²) < 4.78 is 16.2. The maximum absolute atomic E-state index is 12.2. The van der Waals surface area contributed by atoms with Gasteiger partial charge in [0.25, 0.3) is 0 Å². The zero-order valence-corrected chi connectivity index (χ0v) is 14.2. The molecular formula is C19H19ClO4. The van der Waals surface area contributed by atoms with Crippen LogP contribution in [0.1, 0.15) is 11.1 Å². The second-order valence-electron chi connectivity index (χ2n) is 5.73. The van der Waals surface area contributed by atoms with Crippen molar-refractivity contribution in [1.82, 2.24) is 0 Å². The fraction of sp³-hybridized carbons (Fsp3) is 0.316. The number of carbonyl (C=O) groups excluding carboxylic acids is 1. The quantitative estimate of drug-likeness (QED) is 0.775. The van der Waals surface area contributed by atoms with Crippen LogP contribution in [0, 0.1) is 5.92 Å². The lowest BCUT2D eigenvalue weighted by Gasteiger charge is -2.24. The Morgan fingerprint density at radius 2 is 2.04 bits per heavy atom. The Morgan fingerprint density at radius 1 is 1.25 bits per heavy atom. The van der Waals surface area contributed by atoms with E-state index < -0.39 is 0 Å². The predicted molar refractivity (Wildman–Crippen MR) is 91.8 cm³/mol. The van der Waals surface area contributed by atoms with Gasteiger partial charge in [-0.25, -0.2) is 0 Å². The number of carbonyl (C=O) groups is 1. The SMILES string of the molecule is COc1ccc(CCOC(=O)[C@@H]2COc3ccc(Cl)cc3C2)cc1. The molecule has 0 saturated heterocycles. The monoisotopic (exact) mass is 346 g/mol. The van der Waals surface area contributed by atoms with Crippen molar-refractivity contribution in [2.45, 2.75) is 12.8 Å². The summed E-state index contributed by atoms with van der Waals surface area (Å²) >= 11 is 6.00. The van der Waals surface area contributed by atoms with Crippen LogP contribution >= 0.6 is 11.6 Å². The average molecular weight is 347 g/mol. The topological polar surface area (TPSA) is 44.8 Å². The van der Waals surface area contributed by atoms with Crippen LogP contribution in [0.3, 0.4) is 0 Å². The Kier molecular flexibility index (Phi) is 5.26. The Labute approximate surface area is 146 Å². The largest absolute Gasteiger partial charge is 0.497 e. The van der Waals surface area contributed by atoms with Crippen LogP contribution in [-0.2, 0) is 22.4 Å². The van der Waals surface area contributed by atoms with Gasteiger partial charge in [0.15, 0.2) is 0 Å². The fourth-order valence-electron chi connectivity index (χ4n) is 2.69. The number of hydrogen-bond donors (Lipinski definition) is 0. The summed E-state index contributed by atoms with van der Waals surface area (Å²) in [4.78, 5) is 12.2. The van der Waals surface area contributed by atoms with Gasteiger partial charge >= 0.3 is 5.97 Å². The summed E-state index contributed by atoms with van der Waals surface area (Å²) in [5.41, 5.74) is 2.05.